The number of ether oxygens (including phenoxy) is 1. The van der Waals surface area contributed by atoms with Gasteiger partial charge in [-0.2, -0.15) is 13.1 Å². The van der Waals surface area contributed by atoms with E-state index in [1.54, 1.807) is 12.1 Å². The predicted octanol–water partition coefficient (Wildman–Crippen LogP) is 5.76. The minimum Gasteiger partial charge on any atom is -0.480 e. The lowest BCUT2D eigenvalue weighted by Crippen LogP contribution is -2.55. The second kappa shape index (κ2) is 9.93. The molecular weight excluding hydrogens is 500 g/mol. The summed E-state index contributed by atoms with van der Waals surface area (Å²) in [4.78, 5) is 11.5. The lowest BCUT2D eigenvalue weighted by Gasteiger charge is -2.49. The number of nitrogens with zero attached hydrogens (tertiary/aromatic N) is 1. The van der Waals surface area contributed by atoms with Gasteiger partial charge in [0.15, 0.2) is 0 Å². The Kier molecular flexibility index (Phi) is 7.12. The maximum Gasteiger partial charge on any atom is 0.387 e. The number of sulfonamides is 1. The van der Waals surface area contributed by atoms with Gasteiger partial charge >= 0.3 is 12.6 Å². The highest BCUT2D eigenvalue weighted by atomic mass is 35.5. The van der Waals surface area contributed by atoms with Gasteiger partial charge < -0.3 is 9.84 Å². The first-order valence-corrected chi connectivity index (χ1v) is 12.6. The molecular formula is C25H22ClF2NO5S. The number of hydrogen-bond acceptors (Lipinski definition) is 4. The van der Waals surface area contributed by atoms with E-state index in [4.69, 9.17) is 11.6 Å². The van der Waals surface area contributed by atoms with E-state index in [1.165, 1.54) is 0 Å². The smallest absolute Gasteiger partial charge is 0.387 e. The summed E-state index contributed by atoms with van der Waals surface area (Å²) < 4.78 is 57.5. The molecule has 6 nitrogen and oxygen atoms in total. The minimum absolute atomic E-state index is 0.207. The molecule has 1 fully saturated rings. The highest BCUT2D eigenvalue weighted by molar-refractivity contribution is 7.89. The van der Waals surface area contributed by atoms with Crippen LogP contribution in [0.5, 0.6) is 5.75 Å². The molecule has 3 aromatic carbocycles. The number of carboxylic acids is 1. The number of alkyl halides is 2. The third-order valence-electron chi connectivity index (χ3n) is 6.15. The van der Waals surface area contributed by atoms with Crippen molar-refractivity contribution in [2.24, 2.45) is 0 Å². The largest absolute Gasteiger partial charge is 0.480 e. The van der Waals surface area contributed by atoms with Crippen LogP contribution in [0.1, 0.15) is 24.8 Å². The zero-order valence-corrected chi connectivity index (χ0v) is 20.0. The Hall–Kier alpha value is -3.01. The normalized spacial score (nSPS) is 15.1. The average Bonchev–Trinajstić information content (AvgIpc) is 2.79. The summed E-state index contributed by atoms with van der Waals surface area (Å²) in [5.74, 6) is -1.53. The fraction of sp³-hybridized carbons (Fsp3) is 0.240. The first-order chi connectivity index (χ1) is 16.6. The van der Waals surface area contributed by atoms with Crippen molar-refractivity contribution in [1.82, 2.24) is 4.31 Å². The maximum absolute atomic E-state index is 13.6. The number of rotatable bonds is 9. The molecule has 0 aliphatic heterocycles. The van der Waals surface area contributed by atoms with Gasteiger partial charge in [0, 0.05) is 5.02 Å². The molecule has 3 aromatic rings. The SMILES string of the molecule is O=C(O)CN(C1(c2ccc(-c3ccccc3)cc2Cl)CCC1)S(=O)(=O)c1ccc(OC(F)F)cc1. The molecule has 1 aliphatic carbocycles. The Morgan fingerprint density at radius 1 is 1.03 bits per heavy atom. The standard InChI is InChI=1S/C25H22ClF2NO5S/c26-22-15-18(17-5-2-1-3-6-17)7-12-21(22)25(13-4-14-25)29(16-23(30)31)35(32,33)20-10-8-19(9-11-20)34-24(27)28/h1-3,5-12,15,24H,4,13-14,16H2,(H,30,31). The molecule has 10 heteroatoms. The van der Waals surface area contributed by atoms with Gasteiger partial charge in [0.1, 0.15) is 12.3 Å². The lowest BCUT2D eigenvalue weighted by molar-refractivity contribution is -0.139. The van der Waals surface area contributed by atoms with Crippen molar-refractivity contribution in [2.75, 3.05) is 6.54 Å². The monoisotopic (exact) mass is 521 g/mol. The summed E-state index contributed by atoms with van der Waals surface area (Å²) in [6, 6.07) is 19.3. The van der Waals surface area contributed by atoms with Gasteiger partial charge in [-0.15, -0.1) is 0 Å². The van der Waals surface area contributed by atoms with Crippen LogP contribution in [0.15, 0.2) is 77.7 Å². The van der Waals surface area contributed by atoms with Gasteiger partial charge in [-0.3, -0.25) is 4.79 Å². The fourth-order valence-electron chi connectivity index (χ4n) is 4.38. The van der Waals surface area contributed by atoms with Crippen molar-refractivity contribution < 1.29 is 31.8 Å². The van der Waals surface area contributed by atoms with Crippen LogP contribution in [-0.4, -0.2) is 37.0 Å². The van der Waals surface area contributed by atoms with E-state index in [1.807, 2.05) is 36.4 Å². The maximum atomic E-state index is 13.6. The second-order valence-electron chi connectivity index (χ2n) is 8.20. The van der Waals surface area contributed by atoms with E-state index in [-0.39, 0.29) is 10.6 Å². The highest BCUT2D eigenvalue weighted by Gasteiger charge is 2.51. The molecule has 0 saturated heterocycles. The lowest BCUT2D eigenvalue weighted by atomic mass is 9.71. The Morgan fingerprint density at radius 2 is 1.69 bits per heavy atom. The molecule has 1 N–H and O–H groups in total. The molecule has 4 rings (SSSR count). The highest BCUT2D eigenvalue weighted by Crippen LogP contribution is 2.51. The van der Waals surface area contributed by atoms with Gasteiger partial charge in [0.05, 0.1) is 10.4 Å². The van der Waals surface area contributed by atoms with Crippen molar-refractivity contribution in [3.63, 3.8) is 0 Å². The van der Waals surface area contributed by atoms with E-state index >= 15 is 0 Å². The Bertz CT molecular complexity index is 1310. The van der Waals surface area contributed by atoms with E-state index in [0.717, 1.165) is 39.7 Å². The average molecular weight is 522 g/mol. The molecule has 0 aromatic heterocycles. The number of benzene rings is 3. The van der Waals surface area contributed by atoms with Crippen LogP contribution in [0.2, 0.25) is 5.02 Å². The molecule has 0 bridgehead atoms. The van der Waals surface area contributed by atoms with Crippen molar-refractivity contribution >= 4 is 27.6 Å². The molecule has 1 saturated carbocycles. The van der Waals surface area contributed by atoms with Gasteiger partial charge in [0.25, 0.3) is 0 Å². The summed E-state index contributed by atoms with van der Waals surface area (Å²) >= 11 is 6.67. The third kappa shape index (κ3) is 5.03. The first kappa shape index (κ1) is 25.1. The number of halogens is 3. The van der Waals surface area contributed by atoms with Crippen LogP contribution >= 0.6 is 11.6 Å². The van der Waals surface area contributed by atoms with Crippen molar-refractivity contribution in [3.8, 4) is 16.9 Å². The molecule has 0 atom stereocenters. The van der Waals surface area contributed by atoms with Crippen LogP contribution < -0.4 is 4.74 Å². The predicted molar refractivity (Wildman–Crippen MR) is 127 cm³/mol. The quantitative estimate of drug-likeness (QED) is 0.387. The minimum atomic E-state index is -4.34. The zero-order valence-electron chi connectivity index (χ0n) is 18.4. The fourth-order valence-corrected chi connectivity index (χ4v) is 6.49. The second-order valence-corrected chi connectivity index (χ2v) is 10.5. The summed E-state index contributed by atoms with van der Waals surface area (Å²) in [5, 5.41) is 9.92. The Morgan fingerprint density at radius 3 is 2.20 bits per heavy atom. The number of aliphatic carboxylic acids is 1. The third-order valence-corrected chi connectivity index (χ3v) is 8.39. The van der Waals surface area contributed by atoms with Gasteiger partial charge in [-0.05, 0) is 66.3 Å². The van der Waals surface area contributed by atoms with E-state index in [0.29, 0.717) is 29.8 Å². The summed E-state index contributed by atoms with van der Waals surface area (Å²) in [6.45, 7) is -3.84. The van der Waals surface area contributed by atoms with Crippen LogP contribution in [0.3, 0.4) is 0 Å². The Labute approximate surface area is 206 Å². The van der Waals surface area contributed by atoms with Crippen molar-refractivity contribution in [3.05, 3.63) is 83.4 Å². The van der Waals surface area contributed by atoms with E-state index in [2.05, 4.69) is 4.74 Å². The molecule has 0 unspecified atom stereocenters. The number of hydrogen-bond donors (Lipinski definition) is 1. The first-order valence-electron chi connectivity index (χ1n) is 10.8. The zero-order chi connectivity index (χ0) is 25.2. The molecule has 0 spiro atoms. The number of carboxylic acid groups (broad SMARTS) is 1. The Balaban J connectivity index is 1.75. The molecule has 35 heavy (non-hydrogen) atoms. The van der Waals surface area contributed by atoms with Crippen LogP contribution in [0, 0.1) is 0 Å². The van der Waals surface area contributed by atoms with E-state index in [9.17, 15) is 27.1 Å². The molecule has 0 amide bonds. The molecule has 0 radical (unpaired) electrons. The van der Waals surface area contributed by atoms with Crippen molar-refractivity contribution in [1.29, 1.82) is 0 Å². The number of carbonyl (C=O) groups is 1. The van der Waals surface area contributed by atoms with Crippen LogP contribution in [0.4, 0.5) is 8.78 Å². The summed E-state index contributed by atoms with van der Waals surface area (Å²) in [5.41, 5.74) is 1.15. The molecule has 0 heterocycles. The van der Waals surface area contributed by atoms with Gasteiger partial charge in [0.2, 0.25) is 10.0 Å². The van der Waals surface area contributed by atoms with Crippen molar-refractivity contribution in [2.45, 2.75) is 36.3 Å². The van der Waals surface area contributed by atoms with Gasteiger partial charge in [-0.25, -0.2) is 8.42 Å². The molecule has 184 valence electrons. The van der Waals surface area contributed by atoms with Crippen LogP contribution in [0.25, 0.3) is 11.1 Å². The summed E-state index contributed by atoms with van der Waals surface area (Å²) in [6.07, 6.45) is 1.45. The van der Waals surface area contributed by atoms with E-state index < -0.39 is 34.7 Å². The molecule has 1 aliphatic rings. The topological polar surface area (TPSA) is 83.9 Å². The van der Waals surface area contributed by atoms with Gasteiger partial charge in [-0.1, -0.05) is 54.1 Å². The van der Waals surface area contributed by atoms with Crippen LogP contribution in [-0.2, 0) is 20.4 Å². The summed E-state index contributed by atoms with van der Waals surface area (Å²) in [7, 11) is -4.34.